The van der Waals surface area contributed by atoms with Crippen molar-refractivity contribution in [1.82, 2.24) is 4.98 Å². The zero-order valence-electron chi connectivity index (χ0n) is 8.47. The quantitative estimate of drug-likeness (QED) is 0.732. The number of hydrogen-bond acceptors (Lipinski definition) is 3. The molecule has 0 saturated heterocycles. The number of aromatic nitrogens is 1. The first-order valence-electron chi connectivity index (χ1n) is 4.98. The summed E-state index contributed by atoms with van der Waals surface area (Å²) in [4.78, 5) is 15.1. The molecule has 0 aliphatic heterocycles. The Morgan fingerprint density at radius 3 is 3.00 bits per heavy atom. The Labute approximate surface area is 87.6 Å². The van der Waals surface area contributed by atoms with Crippen LogP contribution in [0.5, 0.6) is 5.75 Å². The van der Waals surface area contributed by atoms with Crippen LogP contribution in [0.2, 0.25) is 0 Å². The van der Waals surface area contributed by atoms with Gasteiger partial charge in [-0.2, -0.15) is 0 Å². The highest BCUT2D eigenvalue weighted by molar-refractivity contribution is 5.71. The van der Waals surface area contributed by atoms with Gasteiger partial charge in [0.05, 0.1) is 12.1 Å². The van der Waals surface area contributed by atoms with Crippen molar-refractivity contribution >= 4 is 5.97 Å². The fourth-order valence-electron chi connectivity index (χ4n) is 2.19. The number of hydrogen-bond donors (Lipinski definition) is 2. The molecular weight excluding hydrogens is 194 g/mol. The van der Waals surface area contributed by atoms with Crippen molar-refractivity contribution < 1.29 is 15.0 Å². The maximum absolute atomic E-state index is 10.9. The van der Waals surface area contributed by atoms with Crippen molar-refractivity contribution in [2.75, 3.05) is 0 Å². The van der Waals surface area contributed by atoms with Crippen molar-refractivity contribution in [1.29, 1.82) is 0 Å². The van der Waals surface area contributed by atoms with Gasteiger partial charge in [-0.05, 0) is 30.4 Å². The summed E-state index contributed by atoms with van der Waals surface area (Å²) in [6, 6.07) is 1.62. The molecule has 2 N–H and O–H groups in total. The molecular formula is C11H13NO3. The normalized spacial score (nSPS) is 24.6. The number of rotatable bonds is 1. The van der Waals surface area contributed by atoms with Crippen molar-refractivity contribution in [3.8, 4) is 5.75 Å². The predicted molar refractivity (Wildman–Crippen MR) is 53.8 cm³/mol. The van der Waals surface area contributed by atoms with Gasteiger partial charge in [-0.3, -0.25) is 9.78 Å². The van der Waals surface area contributed by atoms with Crippen molar-refractivity contribution in [3.63, 3.8) is 0 Å². The highest BCUT2D eigenvalue weighted by Gasteiger charge is 2.29. The summed E-state index contributed by atoms with van der Waals surface area (Å²) < 4.78 is 0. The molecule has 0 bridgehead atoms. The monoisotopic (exact) mass is 207 g/mol. The molecule has 4 nitrogen and oxygen atoms in total. The highest BCUT2D eigenvalue weighted by atomic mass is 16.4. The smallest absolute Gasteiger partial charge is 0.306 e. The van der Waals surface area contributed by atoms with Gasteiger partial charge in [-0.25, -0.2) is 0 Å². The molecule has 1 aromatic heterocycles. The lowest BCUT2D eigenvalue weighted by molar-refractivity contribution is -0.142. The first-order valence-corrected chi connectivity index (χ1v) is 4.98. The van der Waals surface area contributed by atoms with E-state index in [4.69, 9.17) is 5.11 Å². The van der Waals surface area contributed by atoms with Gasteiger partial charge >= 0.3 is 5.97 Å². The minimum Gasteiger partial charge on any atom is -0.506 e. The molecule has 0 aromatic carbocycles. The molecule has 1 heterocycles. The second-order valence-corrected chi connectivity index (χ2v) is 4.11. The lowest BCUT2D eigenvalue weighted by Crippen LogP contribution is -2.24. The number of carboxylic acids is 1. The zero-order chi connectivity index (χ0) is 11.0. The van der Waals surface area contributed by atoms with Crippen molar-refractivity contribution in [3.05, 3.63) is 23.5 Å². The number of aliphatic carboxylic acids is 1. The van der Waals surface area contributed by atoms with Crippen LogP contribution >= 0.6 is 0 Å². The molecule has 0 radical (unpaired) electrons. The molecule has 0 fully saturated rings. The van der Waals surface area contributed by atoms with E-state index in [9.17, 15) is 9.90 Å². The number of nitrogens with zero attached hydrogens (tertiary/aromatic N) is 1. The third-order valence-corrected chi connectivity index (χ3v) is 2.91. The molecule has 2 rings (SSSR count). The summed E-state index contributed by atoms with van der Waals surface area (Å²) >= 11 is 0. The van der Waals surface area contributed by atoms with Crippen LogP contribution in [0.4, 0.5) is 0 Å². The zero-order valence-corrected chi connectivity index (χ0v) is 8.47. The number of carbonyl (C=O) groups is 1. The van der Waals surface area contributed by atoms with Crippen LogP contribution in [0.3, 0.4) is 0 Å². The second-order valence-electron chi connectivity index (χ2n) is 4.11. The number of fused-ring (bicyclic) bond motifs is 1. The minimum atomic E-state index is -0.768. The maximum Gasteiger partial charge on any atom is 0.306 e. The second kappa shape index (κ2) is 3.53. The van der Waals surface area contributed by atoms with Crippen molar-refractivity contribution in [2.45, 2.75) is 25.7 Å². The van der Waals surface area contributed by atoms with E-state index < -0.39 is 5.97 Å². The summed E-state index contributed by atoms with van der Waals surface area (Å²) in [6.07, 6.45) is 2.51. The van der Waals surface area contributed by atoms with Crippen LogP contribution in [-0.2, 0) is 11.2 Å². The van der Waals surface area contributed by atoms with Gasteiger partial charge in [-0.15, -0.1) is 0 Å². The lowest BCUT2D eigenvalue weighted by atomic mass is 9.80. The first kappa shape index (κ1) is 9.96. The Bertz CT molecular complexity index is 403. The van der Waals surface area contributed by atoms with Crippen LogP contribution in [-0.4, -0.2) is 21.2 Å². The number of pyridine rings is 1. The molecule has 0 amide bonds. The molecule has 1 aliphatic carbocycles. The van der Waals surface area contributed by atoms with Gasteiger partial charge in [0.2, 0.25) is 0 Å². The van der Waals surface area contributed by atoms with Gasteiger partial charge in [0.15, 0.2) is 0 Å². The van der Waals surface area contributed by atoms with Gasteiger partial charge < -0.3 is 10.2 Å². The number of aromatic hydroxyl groups is 1. The standard InChI is InChI=1S/C11H13NO3/c1-6-2-8(11(14)15)3-7-4-9(13)5-12-10(6)7/h4-6,8,13H,2-3H2,1H3,(H,14,15). The van der Waals surface area contributed by atoms with E-state index in [1.54, 1.807) is 6.07 Å². The molecule has 0 spiro atoms. The molecule has 2 atom stereocenters. The Morgan fingerprint density at radius 1 is 1.60 bits per heavy atom. The van der Waals surface area contributed by atoms with E-state index in [-0.39, 0.29) is 17.6 Å². The van der Waals surface area contributed by atoms with E-state index in [0.717, 1.165) is 11.3 Å². The Kier molecular flexibility index (Phi) is 2.34. The van der Waals surface area contributed by atoms with E-state index in [1.807, 2.05) is 6.92 Å². The summed E-state index contributed by atoms with van der Waals surface area (Å²) in [6.45, 7) is 1.97. The fourth-order valence-corrected chi connectivity index (χ4v) is 2.19. The van der Waals surface area contributed by atoms with Crippen LogP contribution in [0.15, 0.2) is 12.3 Å². The summed E-state index contributed by atoms with van der Waals surface area (Å²) in [5.74, 6) is -0.866. The first-order chi connectivity index (χ1) is 7.08. The number of carboxylic acid groups (broad SMARTS) is 1. The average Bonchev–Trinajstić information content (AvgIpc) is 2.16. The van der Waals surface area contributed by atoms with E-state index in [1.165, 1.54) is 6.20 Å². The molecule has 4 heteroatoms. The van der Waals surface area contributed by atoms with E-state index in [2.05, 4.69) is 4.98 Å². The van der Waals surface area contributed by atoms with Gasteiger partial charge in [-0.1, -0.05) is 6.92 Å². The Hall–Kier alpha value is -1.58. The Balaban J connectivity index is 2.37. The highest BCUT2D eigenvalue weighted by Crippen LogP contribution is 2.34. The van der Waals surface area contributed by atoms with Crippen LogP contribution in [0.25, 0.3) is 0 Å². The molecule has 1 aliphatic rings. The van der Waals surface area contributed by atoms with E-state index in [0.29, 0.717) is 12.8 Å². The van der Waals surface area contributed by atoms with Crippen LogP contribution in [0, 0.1) is 5.92 Å². The lowest BCUT2D eigenvalue weighted by Gasteiger charge is -2.25. The van der Waals surface area contributed by atoms with Gasteiger partial charge in [0.25, 0.3) is 0 Å². The molecule has 80 valence electrons. The largest absolute Gasteiger partial charge is 0.506 e. The van der Waals surface area contributed by atoms with Gasteiger partial charge in [0.1, 0.15) is 5.75 Å². The summed E-state index contributed by atoms with van der Waals surface area (Å²) in [5, 5.41) is 18.3. The summed E-state index contributed by atoms with van der Waals surface area (Å²) in [5.41, 5.74) is 1.78. The molecule has 15 heavy (non-hydrogen) atoms. The fraction of sp³-hybridized carbons (Fsp3) is 0.455. The maximum atomic E-state index is 10.9. The molecule has 2 unspecified atom stereocenters. The van der Waals surface area contributed by atoms with E-state index >= 15 is 0 Å². The van der Waals surface area contributed by atoms with Crippen LogP contribution in [0.1, 0.15) is 30.5 Å². The molecule has 1 aromatic rings. The van der Waals surface area contributed by atoms with Crippen LogP contribution < -0.4 is 0 Å². The van der Waals surface area contributed by atoms with Gasteiger partial charge in [0, 0.05) is 5.69 Å². The minimum absolute atomic E-state index is 0.104. The topological polar surface area (TPSA) is 70.4 Å². The third kappa shape index (κ3) is 1.79. The summed E-state index contributed by atoms with van der Waals surface area (Å²) in [7, 11) is 0. The van der Waals surface area contributed by atoms with Crippen molar-refractivity contribution in [2.24, 2.45) is 5.92 Å². The SMILES string of the molecule is CC1CC(C(=O)O)Cc2cc(O)cnc21. The third-order valence-electron chi connectivity index (χ3n) is 2.91. The Morgan fingerprint density at radius 2 is 2.33 bits per heavy atom. The molecule has 0 saturated carbocycles. The predicted octanol–water partition coefficient (Wildman–Crippen LogP) is 1.54. The average molecular weight is 207 g/mol.